The minimum absolute atomic E-state index is 0.0572. The summed E-state index contributed by atoms with van der Waals surface area (Å²) < 4.78 is 0. The molecule has 0 aromatic rings. The van der Waals surface area contributed by atoms with Crippen molar-refractivity contribution in [2.75, 3.05) is 6.54 Å². The first-order valence-electron chi connectivity index (χ1n) is 12.8. The second kappa shape index (κ2) is 7.52. The van der Waals surface area contributed by atoms with E-state index in [-0.39, 0.29) is 28.7 Å². The summed E-state index contributed by atoms with van der Waals surface area (Å²) >= 11 is 0. The molecule has 0 heterocycles. The van der Waals surface area contributed by atoms with Gasteiger partial charge < -0.3 is 10.6 Å². The average Bonchev–Trinajstić information content (AvgIpc) is 3.45. The molecule has 8 atom stereocenters. The number of amides is 2. The Balaban J connectivity index is 1.18. The van der Waals surface area contributed by atoms with E-state index in [1.807, 2.05) is 0 Å². The van der Waals surface area contributed by atoms with E-state index in [4.69, 9.17) is 0 Å². The molecular formula is C26H42N2O2. The molecule has 4 nitrogen and oxygen atoms in total. The smallest absolute Gasteiger partial charge is 0.223 e. The van der Waals surface area contributed by atoms with Gasteiger partial charge in [-0.15, -0.1) is 0 Å². The van der Waals surface area contributed by atoms with Crippen molar-refractivity contribution in [1.29, 1.82) is 0 Å². The molecule has 30 heavy (non-hydrogen) atoms. The van der Waals surface area contributed by atoms with Crippen LogP contribution in [0.2, 0.25) is 0 Å². The van der Waals surface area contributed by atoms with Crippen LogP contribution in [0.1, 0.15) is 91.4 Å². The van der Waals surface area contributed by atoms with Gasteiger partial charge in [-0.2, -0.15) is 0 Å². The SMILES string of the molecule is CC1(C)C[C@@H](NC(=O)[C@@H]2C[C@@H]3CC[C@@H]2C3)C[C@](C)(CNC(=O)[C@@H]2C[C@@H]3CC[C@@H]2C3)C1. The van der Waals surface area contributed by atoms with Gasteiger partial charge in [0.05, 0.1) is 0 Å². The van der Waals surface area contributed by atoms with E-state index in [2.05, 4.69) is 31.4 Å². The maximum atomic E-state index is 13.1. The Kier molecular flexibility index (Phi) is 5.22. The average molecular weight is 415 g/mol. The van der Waals surface area contributed by atoms with Crippen molar-refractivity contribution in [3.63, 3.8) is 0 Å². The van der Waals surface area contributed by atoms with Crippen LogP contribution in [-0.4, -0.2) is 24.4 Å². The van der Waals surface area contributed by atoms with Crippen LogP contribution >= 0.6 is 0 Å². The van der Waals surface area contributed by atoms with E-state index in [9.17, 15) is 9.59 Å². The number of carbonyl (C=O) groups is 2. The van der Waals surface area contributed by atoms with Crippen molar-refractivity contribution in [3.8, 4) is 0 Å². The summed E-state index contributed by atoms with van der Waals surface area (Å²) in [5, 5.41) is 6.83. The van der Waals surface area contributed by atoms with Gasteiger partial charge in [0, 0.05) is 24.4 Å². The van der Waals surface area contributed by atoms with Gasteiger partial charge in [0.15, 0.2) is 0 Å². The van der Waals surface area contributed by atoms with E-state index in [0.717, 1.165) is 50.5 Å². The van der Waals surface area contributed by atoms with E-state index in [0.29, 0.717) is 23.7 Å². The highest BCUT2D eigenvalue weighted by molar-refractivity contribution is 5.80. The Morgan fingerprint density at radius 2 is 1.40 bits per heavy atom. The summed E-state index contributed by atoms with van der Waals surface area (Å²) in [5.74, 6) is 4.03. The molecule has 4 bridgehead atoms. The van der Waals surface area contributed by atoms with Crippen LogP contribution in [0.15, 0.2) is 0 Å². The maximum Gasteiger partial charge on any atom is 0.223 e. The Morgan fingerprint density at radius 3 is 1.93 bits per heavy atom. The van der Waals surface area contributed by atoms with E-state index >= 15 is 0 Å². The minimum atomic E-state index is 0.0572. The quantitative estimate of drug-likeness (QED) is 0.686. The maximum absolute atomic E-state index is 13.1. The summed E-state index contributed by atoms with van der Waals surface area (Å²) in [6.45, 7) is 7.74. The molecule has 5 rings (SSSR count). The van der Waals surface area contributed by atoms with Crippen LogP contribution in [-0.2, 0) is 9.59 Å². The topological polar surface area (TPSA) is 58.2 Å². The van der Waals surface area contributed by atoms with E-state index in [1.165, 1.54) is 38.5 Å². The van der Waals surface area contributed by atoms with Crippen molar-refractivity contribution >= 4 is 11.8 Å². The Morgan fingerprint density at radius 1 is 0.800 bits per heavy atom. The molecule has 2 amide bonds. The van der Waals surface area contributed by atoms with Crippen LogP contribution in [0, 0.1) is 46.3 Å². The molecule has 4 heteroatoms. The predicted octanol–water partition coefficient (Wildman–Crippen LogP) is 4.68. The lowest BCUT2D eigenvalue weighted by Crippen LogP contribution is -2.52. The molecule has 0 unspecified atom stereocenters. The van der Waals surface area contributed by atoms with Gasteiger partial charge >= 0.3 is 0 Å². The van der Waals surface area contributed by atoms with Crippen molar-refractivity contribution < 1.29 is 9.59 Å². The van der Waals surface area contributed by atoms with Crippen LogP contribution < -0.4 is 10.6 Å². The first-order valence-corrected chi connectivity index (χ1v) is 12.8. The largest absolute Gasteiger partial charge is 0.355 e. The third-order valence-electron chi connectivity index (χ3n) is 9.63. The zero-order valence-corrected chi connectivity index (χ0v) is 19.3. The minimum Gasteiger partial charge on any atom is -0.355 e. The highest BCUT2D eigenvalue weighted by Crippen LogP contribution is 2.50. The molecule has 0 aliphatic heterocycles. The van der Waals surface area contributed by atoms with Gasteiger partial charge in [-0.05, 0) is 92.3 Å². The van der Waals surface area contributed by atoms with Crippen LogP contribution in [0.4, 0.5) is 0 Å². The van der Waals surface area contributed by atoms with Crippen LogP contribution in [0.3, 0.4) is 0 Å². The molecule has 2 N–H and O–H groups in total. The molecule has 5 aliphatic carbocycles. The Labute approximate surface area is 182 Å². The third-order valence-corrected chi connectivity index (χ3v) is 9.63. The number of fused-ring (bicyclic) bond motifs is 4. The van der Waals surface area contributed by atoms with Crippen LogP contribution in [0.5, 0.6) is 0 Å². The van der Waals surface area contributed by atoms with Crippen LogP contribution in [0.25, 0.3) is 0 Å². The molecule has 5 fully saturated rings. The molecule has 0 radical (unpaired) electrons. The first kappa shape index (κ1) is 20.8. The van der Waals surface area contributed by atoms with Crippen molar-refractivity contribution in [1.82, 2.24) is 10.6 Å². The Hall–Kier alpha value is -1.06. The lowest BCUT2D eigenvalue weighted by Gasteiger charge is -2.47. The first-order chi connectivity index (χ1) is 14.2. The molecule has 168 valence electrons. The van der Waals surface area contributed by atoms with Crippen molar-refractivity contribution in [3.05, 3.63) is 0 Å². The van der Waals surface area contributed by atoms with Crippen molar-refractivity contribution in [2.45, 2.75) is 97.4 Å². The highest BCUT2D eigenvalue weighted by Gasteiger charge is 2.47. The third kappa shape index (κ3) is 4.05. The summed E-state index contributed by atoms with van der Waals surface area (Å²) in [7, 11) is 0. The second-order valence-electron chi connectivity index (χ2n) is 13.0. The van der Waals surface area contributed by atoms with Gasteiger partial charge in [-0.1, -0.05) is 33.6 Å². The summed E-state index contributed by atoms with van der Waals surface area (Å²) in [6.07, 6.45) is 13.1. The summed E-state index contributed by atoms with van der Waals surface area (Å²) in [5.41, 5.74) is 0.248. The van der Waals surface area contributed by atoms with E-state index in [1.54, 1.807) is 0 Å². The molecular weight excluding hydrogens is 372 g/mol. The zero-order chi connectivity index (χ0) is 21.1. The fourth-order valence-electron chi connectivity index (χ4n) is 8.74. The lowest BCUT2D eigenvalue weighted by molar-refractivity contribution is -0.129. The lowest BCUT2D eigenvalue weighted by atomic mass is 9.62. The number of nitrogens with one attached hydrogen (secondary N) is 2. The fourth-order valence-corrected chi connectivity index (χ4v) is 8.74. The molecule has 0 spiro atoms. The van der Waals surface area contributed by atoms with Gasteiger partial charge in [-0.25, -0.2) is 0 Å². The van der Waals surface area contributed by atoms with Gasteiger partial charge in [-0.3, -0.25) is 9.59 Å². The Bertz CT molecular complexity index is 703. The molecule has 0 aromatic carbocycles. The van der Waals surface area contributed by atoms with Crippen molar-refractivity contribution in [2.24, 2.45) is 46.3 Å². The predicted molar refractivity (Wildman–Crippen MR) is 119 cm³/mol. The number of hydrogen-bond acceptors (Lipinski definition) is 2. The molecule has 5 saturated carbocycles. The summed E-state index contributed by atoms with van der Waals surface area (Å²) in [6, 6.07) is 0.241. The number of rotatable bonds is 5. The van der Waals surface area contributed by atoms with Gasteiger partial charge in [0.1, 0.15) is 0 Å². The zero-order valence-electron chi connectivity index (χ0n) is 19.3. The standard InChI is InChI=1S/C26H42N2O2/c1-25(2)12-20(28-24(30)22-11-17-5-7-19(22)9-17)13-26(3,14-25)15-27-23(29)21-10-16-4-6-18(21)8-16/h16-22H,4-15H2,1-3H3,(H,27,29)(H,28,30)/t16-,17-,18-,19-,20-,21-,22-,26+/m1/s1. The summed E-state index contributed by atoms with van der Waals surface area (Å²) in [4.78, 5) is 26.0. The highest BCUT2D eigenvalue weighted by atomic mass is 16.2. The number of hydrogen-bond donors (Lipinski definition) is 2. The fraction of sp³-hybridized carbons (Fsp3) is 0.923. The molecule has 5 aliphatic rings. The monoisotopic (exact) mass is 414 g/mol. The van der Waals surface area contributed by atoms with Gasteiger partial charge in [0.2, 0.25) is 11.8 Å². The second-order valence-corrected chi connectivity index (χ2v) is 13.0. The van der Waals surface area contributed by atoms with Gasteiger partial charge in [0.25, 0.3) is 0 Å². The van der Waals surface area contributed by atoms with E-state index < -0.39 is 0 Å². The normalized spacial score (nSPS) is 46.2. The molecule has 0 aromatic heterocycles. The molecule has 0 saturated heterocycles. The number of carbonyl (C=O) groups excluding carboxylic acids is 2.